The van der Waals surface area contributed by atoms with Crippen molar-refractivity contribution in [3.8, 4) is 0 Å². The quantitative estimate of drug-likeness (QED) is 0.506. The highest BCUT2D eigenvalue weighted by Crippen LogP contribution is 2.67. The zero-order chi connectivity index (χ0) is 22.6. The average Bonchev–Trinajstić information content (AvgIpc) is 3.10. The Kier molecular flexibility index (Phi) is 5.54. The lowest BCUT2D eigenvalue weighted by Crippen LogP contribution is -2.50. The van der Waals surface area contributed by atoms with Crippen molar-refractivity contribution in [3.63, 3.8) is 0 Å². The fraction of sp³-hybridized carbons (Fsp3) is 0.926. The van der Waals surface area contributed by atoms with Gasteiger partial charge in [-0.2, -0.15) is 0 Å². The normalized spacial score (nSPS) is 49.4. The minimum absolute atomic E-state index is 0.114. The molecule has 0 saturated heterocycles. The zero-order valence-corrected chi connectivity index (χ0v) is 19.2. The number of fused-ring (bicyclic) bond motifs is 5. The first kappa shape index (κ1) is 19.4. The van der Waals surface area contributed by atoms with E-state index >= 15 is 0 Å². The van der Waals surface area contributed by atoms with Gasteiger partial charge < -0.3 is 10.2 Å². The number of hydrogen-bond acceptors (Lipinski definition) is 2. The highest BCUT2D eigenvalue weighted by Gasteiger charge is 2.59. The molecule has 166 valence electrons. The third-order valence-electron chi connectivity index (χ3n) is 10.1. The molecule has 0 aliphatic heterocycles. The minimum atomic E-state index is -0.399. The Balaban J connectivity index is 1.50. The lowest BCUT2D eigenvalue weighted by atomic mass is 9.47. The monoisotopic (exact) mass is 404 g/mol. The van der Waals surface area contributed by atoms with Crippen LogP contribution < -0.4 is 0 Å². The predicted molar refractivity (Wildman–Crippen MR) is 120 cm³/mol. The van der Waals surface area contributed by atoms with E-state index in [1.54, 1.807) is 5.57 Å². The molecular weight excluding hydrogens is 356 g/mol. The molecule has 0 spiro atoms. The molecule has 2 N–H and O–H groups in total. The van der Waals surface area contributed by atoms with E-state index in [1.165, 1.54) is 32.1 Å². The standard InChI is InChI=1S/C27H46O2/c1-18(17-28)6-5-7-19(2)23-10-11-24-22-9-8-20-16-21(29)12-14-26(20,3)25(22)13-15-27(23,24)4/h8,18-19,21-25,28-29H,5-7,9-17H2,1-4H3/t18-,19-,21+,22+,23-,24+,25+,26+,27-/m1/s1/i5D,7D/t5?,7?,18-,19-,21+,22+,23-,24+,25+,26+,27-. The number of aliphatic hydroxyl groups excluding tert-OH is 2. The molecule has 3 fully saturated rings. The third kappa shape index (κ3) is 3.75. The lowest BCUT2D eigenvalue weighted by Gasteiger charge is -2.58. The van der Waals surface area contributed by atoms with E-state index in [-0.39, 0.29) is 36.4 Å². The van der Waals surface area contributed by atoms with Gasteiger partial charge in [-0.05, 0) is 104 Å². The van der Waals surface area contributed by atoms with E-state index in [0.29, 0.717) is 17.8 Å². The van der Waals surface area contributed by atoms with Gasteiger partial charge in [0.05, 0.1) is 6.10 Å². The largest absolute Gasteiger partial charge is 0.396 e. The second-order valence-electron chi connectivity index (χ2n) is 11.7. The molecule has 2 unspecified atom stereocenters. The fourth-order valence-electron chi connectivity index (χ4n) is 8.28. The molecular formula is C27H46O2. The summed E-state index contributed by atoms with van der Waals surface area (Å²) in [6, 6.07) is 0. The maximum Gasteiger partial charge on any atom is 0.0577 e. The summed E-state index contributed by atoms with van der Waals surface area (Å²) in [6.45, 7) is 9.37. The first-order valence-corrected chi connectivity index (χ1v) is 12.4. The van der Waals surface area contributed by atoms with Crippen LogP contribution in [-0.2, 0) is 0 Å². The molecule has 4 rings (SSSR count). The number of aliphatic hydroxyl groups is 2. The van der Waals surface area contributed by atoms with Gasteiger partial charge in [0.15, 0.2) is 0 Å². The van der Waals surface area contributed by atoms with Crippen molar-refractivity contribution in [2.45, 2.75) is 104 Å². The van der Waals surface area contributed by atoms with Crippen LogP contribution in [0.4, 0.5) is 0 Å². The van der Waals surface area contributed by atoms with Crippen molar-refractivity contribution < 1.29 is 13.0 Å². The van der Waals surface area contributed by atoms with Crippen LogP contribution in [0.2, 0.25) is 0 Å². The summed E-state index contributed by atoms with van der Waals surface area (Å²) in [5.41, 5.74) is 2.14. The van der Waals surface area contributed by atoms with Crippen molar-refractivity contribution >= 4 is 0 Å². The van der Waals surface area contributed by atoms with E-state index < -0.39 is 6.40 Å². The first-order chi connectivity index (χ1) is 14.6. The molecule has 2 heteroatoms. The summed E-state index contributed by atoms with van der Waals surface area (Å²) in [6.07, 6.45) is 11.5. The van der Waals surface area contributed by atoms with E-state index in [4.69, 9.17) is 2.74 Å². The Morgan fingerprint density at radius 2 is 1.93 bits per heavy atom. The summed E-state index contributed by atoms with van der Waals surface area (Å²) >= 11 is 0. The number of allylic oxidation sites excluding steroid dienone is 1. The van der Waals surface area contributed by atoms with E-state index in [2.05, 4.69) is 26.8 Å². The van der Waals surface area contributed by atoms with Gasteiger partial charge in [0.25, 0.3) is 0 Å². The lowest BCUT2D eigenvalue weighted by molar-refractivity contribution is -0.0573. The SMILES string of the molecule is [2H]C(C[C@@H](C)CO)C([2H])[C@@H](C)[C@H]1CC[C@H]2[C@@H]3CC=C4C[C@@H](O)CC[C@]4(C)[C@H]3CC[C@]12C. The Labute approximate surface area is 182 Å². The summed E-state index contributed by atoms with van der Waals surface area (Å²) < 4.78 is 17.4. The topological polar surface area (TPSA) is 40.5 Å². The van der Waals surface area contributed by atoms with Gasteiger partial charge in [-0.25, -0.2) is 0 Å². The zero-order valence-electron chi connectivity index (χ0n) is 21.2. The van der Waals surface area contributed by atoms with E-state index in [0.717, 1.165) is 37.0 Å². The summed E-state index contributed by atoms with van der Waals surface area (Å²) in [5.74, 6) is 3.16. The molecule has 0 amide bonds. The van der Waals surface area contributed by atoms with Crippen LogP contribution in [0.3, 0.4) is 0 Å². The van der Waals surface area contributed by atoms with E-state index in [9.17, 15) is 10.2 Å². The van der Waals surface area contributed by atoms with Crippen molar-refractivity contribution in [3.05, 3.63) is 11.6 Å². The summed E-state index contributed by atoms with van der Waals surface area (Å²) in [7, 11) is 0. The van der Waals surface area contributed by atoms with Gasteiger partial charge in [-0.1, -0.05) is 52.1 Å². The van der Waals surface area contributed by atoms with Crippen LogP contribution in [0.5, 0.6) is 0 Å². The molecule has 4 aliphatic carbocycles. The molecule has 4 aliphatic rings. The van der Waals surface area contributed by atoms with Crippen LogP contribution in [-0.4, -0.2) is 22.9 Å². The van der Waals surface area contributed by atoms with Gasteiger partial charge in [-0.15, -0.1) is 0 Å². The Morgan fingerprint density at radius 3 is 2.69 bits per heavy atom. The summed E-state index contributed by atoms with van der Waals surface area (Å²) in [4.78, 5) is 0. The van der Waals surface area contributed by atoms with Crippen LogP contribution in [0.15, 0.2) is 11.6 Å². The van der Waals surface area contributed by atoms with Crippen molar-refractivity contribution in [2.24, 2.45) is 46.3 Å². The second kappa shape index (κ2) is 8.30. The molecule has 0 aromatic carbocycles. The first-order valence-electron chi connectivity index (χ1n) is 13.6. The van der Waals surface area contributed by atoms with Crippen LogP contribution in [0.1, 0.15) is 101 Å². The predicted octanol–water partition coefficient (Wildman–Crippen LogP) is 6.36. The molecule has 29 heavy (non-hydrogen) atoms. The van der Waals surface area contributed by atoms with Gasteiger partial charge in [-0.3, -0.25) is 0 Å². The molecule has 0 radical (unpaired) electrons. The van der Waals surface area contributed by atoms with Gasteiger partial charge >= 0.3 is 0 Å². The fourth-order valence-corrected chi connectivity index (χ4v) is 8.28. The van der Waals surface area contributed by atoms with Crippen molar-refractivity contribution in [1.82, 2.24) is 0 Å². The molecule has 3 saturated carbocycles. The molecule has 11 atom stereocenters. The molecule has 0 aromatic heterocycles. The third-order valence-corrected chi connectivity index (χ3v) is 10.1. The van der Waals surface area contributed by atoms with Gasteiger partial charge in [0.2, 0.25) is 0 Å². The van der Waals surface area contributed by atoms with E-state index in [1.807, 2.05) is 6.92 Å². The van der Waals surface area contributed by atoms with Gasteiger partial charge in [0, 0.05) is 9.35 Å². The summed E-state index contributed by atoms with van der Waals surface area (Å²) in [5, 5.41) is 19.6. The highest BCUT2D eigenvalue weighted by atomic mass is 16.3. The number of rotatable bonds is 6. The maximum atomic E-state index is 10.2. The molecule has 0 heterocycles. The van der Waals surface area contributed by atoms with Crippen molar-refractivity contribution in [2.75, 3.05) is 6.61 Å². The molecule has 0 aromatic rings. The Morgan fingerprint density at radius 1 is 1.14 bits per heavy atom. The highest BCUT2D eigenvalue weighted by molar-refractivity contribution is 5.25. The molecule has 2 nitrogen and oxygen atoms in total. The Bertz CT molecular complexity index is 680. The van der Waals surface area contributed by atoms with Crippen LogP contribution in [0.25, 0.3) is 0 Å². The van der Waals surface area contributed by atoms with Crippen molar-refractivity contribution in [1.29, 1.82) is 0 Å². The Hall–Kier alpha value is -0.340. The average molecular weight is 405 g/mol. The van der Waals surface area contributed by atoms with Gasteiger partial charge in [0.1, 0.15) is 0 Å². The maximum absolute atomic E-state index is 10.2. The minimum Gasteiger partial charge on any atom is -0.396 e. The number of hydrogen-bond donors (Lipinski definition) is 2. The molecule has 0 bridgehead atoms. The van der Waals surface area contributed by atoms with Crippen LogP contribution in [0, 0.1) is 46.3 Å². The smallest absolute Gasteiger partial charge is 0.0577 e. The second-order valence-corrected chi connectivity index (χ2v) is 11.7. The van der Waals surface area contributed by atoms with Crippen LogP contribution >= 0.6 is 0 Å².